The number of amides is 1. The number of carboxylic acid groups (broad SMARTS) is 1. The molecule has 0 saturated heterocycles. The normalized spacial score (nSPS) is 22.5. The minimum Gasteiger partial charge on any atom is -0.478 e. The van der Waals surface area contributed by atoms with Crippen molar-refractivity contribution >= 4 is 35.2 Å². The maximum Gasteiger partial charge on any atom is 0.339 e. The van der Waals surface area contributed by atoms with E-state index in [1.807, 2.05) is 27.7 Å². The number of rotatable bonds is 7. The van der Waals surface area contributed by atoms with Gasteiger partial charge in [-0.1, -0.05) is 11.6 Å². The summed E-state index contributed by atoms with van der Waals surface area (Å²) in [7, 11) is 0. The fourth-order valence-corrected chi connectivity index (χ4v) is 5.24. The van der Waals surface area contributed by atoms with Crippen molar-refractivity contribution in [3.8, 4) is 0 Å². The summed E-state index contributed by atoms with van der Waals surface area (Å²) in [5, 5.41) is 12.2. The Labute approximate surface area is 199 Å². The summed E-state index contributed by atoms with van der Waals surface area (Å²) in [6.07, 6.45) is 5.36. The van der Waals surface area contributed by atoms with Gasteiger partial charge in [-0.05, 0) is 78.6 Å². The van der Waals surface area contributed by atoms with Crippen LogP contribution in [0.2, 0.25) is 5.02 Å². The van der Waals surface area contributed by atoms with Crippen molar-refractivity contribution in [2.24, 2.45) is 5.92 Å². The van der Waals surface area contributed by atoms with Crippen LogP contribution in [0.5, 0.6) is 0 Å². The van der Waals surface area contributed by atoms with Gasteiger partial charge < -0.3 is 19.7 Å². The smallest absolute Gasteiger partial charge is 0.339 e. The highest BCUT2D eigenvalue weighted by Crippen LogP contribution is 2.36. The minimum absolute atomic E-state index is 0.0336. The van der Waals surface area contributed by atoms with Crippen LogP contribution < -0.4 is 5.32 Å². The van der Waals surface area contributed by atoms with E-state index in [9.17, 15) is 24.3 Å². The number of fused-ring (bicyclic) bond motifs is 1. The highest BCUT2D eigenvalue weighted by atomic mass is 35.5. The number of carboxylic acids is 1. The highest BCUT2D eigenvalue weighted by Gasteiger charge is 2.38. The Morgan fingerprint density at radius 1 is 1.21 bits per heavy atom. The number of hydrogen-bond acceptors (Lipinski definition) is 5. The topological polar surface area (TPSA) is 115 Å². The van der Waals surface area contributed by atoms with Crippen molar-refractivity contribution < 1.29 is 29.0 Å². The van der Waals surface area contributed by atoms with Crippen molar-refractivity contribution in [1.82, 2.24) is 9.88 Å². The van der Waals surface area contributed by atoms with Crippen molar-refractivity contribution in [3.63, 3.8) is 0 Å². The van der Waals surface area contributed by atoms with E-state index >= 15 is 0 Å². The third-order valence-electron chi connectivity index (χ3n) is 6.54. The number of nitrogens with one attached hydrogen (secondary N) is 1. The highest BCUT2D eigenvalue weighted by molar-refractivity contribution is 6.47. The van der Waals surface area contributed by atoms with E-state index in [-0.39, 0.29) is 22.2 Å². The van der Waals surface area contributed by atoms with Crippen LogP contribution >= 0.6 is 11.6 Å². The van der Waals surface area contributed by atoms with Crippen LogP contribution in [0.15, 0.2) is 0 Å². The van der Waals surface area contributed by atoms with Gasteiger partial charge in [0.15, 0.2) is 0 Å². The van der Waals surface area contributed by atoms with E-state index in [1.165, 1.54) is 0 Å². The number of nitrogens with zero attached hydrogens (tertiary/aromatic N) is 1. The molecular weight excluding hydrogens is 448 g/mol. The van der Waals surface area contributed by atoms with Gasteiger partial charge in [-0.25, -0.2) is 4.79 Å². The van der Waals surface area contributed by atoms with Gasteiger partial charge in [0.2, 0.25) is 0 Å². The van der Waals surface area contributed by atoms with Crippen molar-refractivity contribution in [1.29, 1.82) is 0 Å². The largest absolute Gasteiger partial charge is 0.478 e. The lowest BCUT2D eigenvalue weighted by Crippen LogP contribution is -2.50. The summed E-state index contributed by atoms with van der Waals surface area (Å²) in [4.78, 5) is 49.4. The maximum atomic E-state index is 13.0. The van der Waals surface area contributed by atoms with E-state index in [1.54, 1.807) is 4.57 Å². The second-order valence-corrected chi connectivity index (χ2v) is 10.8. The fourth-order valence-electron chi connectivity index (χ4n) is 4.87. The van der Waals surface area contributed by atoms with Gasteiger partial charge in [0.1, 0.15) is 11.3 Å². The van der Waals surface area contributed by atoms with E-state index in [0.717, 1.165) is 19.3 Å². The number of carbonyl (C=O) groups is 4. The molecule has 2 aliphatic rings. The van der Waals surface area contributed by atoms with E-state index < -0.39 is 28.8 Å². The molecule has 9 heteroatoms. The molecule has 0 spiro atoms. The molecule has 1 aliphatic carbocycles. The second-order valence-electron chi connectivity index (χ2n) is 10.5. The van der Waals surface area contributed by atoms with E-state index in [2.05, 4.69) is 5.32 Å². The van der Waals surface area contributed by atoms with Gasteiger partial charge in [0, 0.05) is 24.2 Å². The number of hydrogen-bond donors (Lipinski definition) is 2. The third kappa shape index (κ3) is 5.78. The lowest BCUT2D eigenvalue weighted by Gasteiger charge is -2.38. The summed E-state index contributed by atoms with van der Waals surface area (Å²) in [5.41, 5.74) is -0.651. The van der Waals surface area contributed by atoms with Crippen LogP contribution in [-0.2, 0) is 27.3 Å². The zero-order valence-corrected chi connectivity index (χ0v) is 20.5. The van der Waals surface area contributed by atoms with Gasteiger partial charge in [-0.2, -0.15) is 0 Å². The van der Waals surface area contributed by atoms with Gasteiger partial charge >= 0.3 is 11.9 Å². The van der Waals surface area contributed by atoms with Crippen LogP contribution in [0, 0.1) is 5.92 Å². The number of ketones is 1. The molecule has 2 N–H and O–H groups in total. The lowest BCUT2D eigenvalue weighted by atomic mass is 9.76. The maximum absolute atomic E-state index is 13.0. The Kier molecular flexibility index (Phi) is 7.27. The molecule has 1 aromatic rings. The number of esters is 1. The van der Waals surface area contributed by atoms with Crippen molar-refractivity contribution in [2.75, 3.05) is 0 Å². The molecule has 182 valence electrons. The molecule has 3 rings (SSSR count). The Bertz CT molecular complexity index is 967. The first-order valence-corrected chi connectivity index (χ1v) is 11.9. The second kappa shape index (κ2) is 9.49. The number of carbonyl (C=O) groups excluding carboxylic acids is 3. The molecule has 1 aromatic heterocycles. The van der Waals surface area contributed by atoms with Crippen molar-refractivity contribution in [2.45, 2.75) is 96.7 Å². The van der Waals surface area contributed by atoms with Crippen molar-refractivity contribution in [3.05, 3.63) is 22.0 Å². The van der Waals surface area contributed by atoms with Gasteiger partial charge in [0.25, 0.3) is 11.7 Å². The lowest BCUT2D eigenvalue weighted by molar-refractivity contribution is -0.155. The third-order valence-corrected chi connectivity index (χ3v) is 6.91. The zero-order valence-electron chi connectivity index (χ0n) is 19.8. The number of halogens is 1. The molecule has 1 aliphatic heterocycles. The summed E-state index contributed by atoms with van der Waals surface area (Å²) in [6.45, 7) is 7.92. The van der Waals surface area contributed by atoms with Gasteiger partial charge in [-0.15, -0.1) is 0 Å². The first kappa shape index (κ1) is 25.3. The van der Waals surface area contributed by atoms with Crippen LogP contribution in [0.25, 0.3) is 0 Å². The molecule has 33 heavy (non-hydrogen) atoms. The number of aromatic carboxylic acids is 1. The molecule has 8 nitrogen and oxygen atoms in total. The Morgan fingerprint density at radius 3 is 2.42 bits per heavy atom. The predicted molar refractivity (Wildman–Crippen MR) is 123 cm³/mol. The Hall–Kier alpha value is -2.35. The molecule has 2 heterocycles. The monoisotopic (exact) mass is 480 g/mol. The summed E-state index contributed by atoms with van der Waals surface area (Å²) < 4.78 is 6.94. The van der Waals surface area contributed by atoms with Crippen LogP contribution in [0.1, 0.15) is 99.2 Å². The minimum atomic E-state index is -1.19. The van der Waals surface area contributed by atoms with Gasteiger partial charge in [0.05, 0.1) is 10.6 Å². The molecule has 0 radical (unpaired) electrons. The molecule has 0 bridgehead atoms. The van der Waals surface area contributed by atoms with Crippen LogP contribution in [0.4, 0.5) is 0 Å². The quantitative estimate of drug-likeness (QED) is 0.344. The van der Waals surface area contributed by atoms with E-state index in [4.69, 9.17) is 16.3 Å². The number of Topliss-reactive ketones (excluding diaryl/α,β-unsaturated/α-hetero) is 1. The molecule has 1 saturated carbocycles. The van der Waals surface area contributed by atoms with Crippen LogP contribution in [0.3, 0.4) is 0 Å². The SMILES string of the molecule is CC1(NC(=O)C(=O)c2c(Cl)c(C(=O)O)c3n2CCC3)CCC(CCC(=O)OC(C)(C)C)CC1. The van der Waals surface area contributed by atoms with Crippen LogP contribution in [-0.4, -0.2) is 44.4 Å². The zero-order chi connectivity index (χ0) is 24.6. The first-order chi connectivity index (χ1) is 15.3. The number of ether oxygens (including phenoxy) is 1. The van der Waals surface area contributed by atoms with Gasteiger partial charge in [-0.3, -0.25) is 14.4 Å². The predicted octanol–water partition coefficient (Wildman–Crippen LogP) is 4.16. The molecule has 0 atom stereocenters. The average molecular weight is 481 g/mol. The number of aromatic nitrogens is 1. The summed E-state index contributed by atoms with van der Waals surface area (Å²) in [5.74, 6) is -2.60. The summed E-state index contributed by atoms with van der Waals surface area (Å²) in [6, 6.07) is 0. The Balaban J connectivity index is 1.58. The fraction of sp³-hybridized carbons (Fsp3) is 0.667. The molecule has 1 fully saturated rings. The average Bonchev–Trinajstić information content (AvgIpc) is 3.24. The molecule has 0 unspecified atom stereocenters. The molecular formula is C24H33ClN2O6. The first-order valence-electron chi connectivity index (χ1n) is 11.5. The molecule has 1 amide bonds. The molecule has 0 aromatic carbocycles. The standard InChI is InChI=1S/C24H33ClN2O6/c1-23(2,3)33-16(28)8-7-14-9-11-24(4,12-10-14)26-21(30)20(29)19-18(25)17(22(31)32)15-6-5-13-27(15)19/h14H,5-13H2,1-4H3,(H,26,30)(H,31,32). The summed E-state index contributed by atoms with van der Waals surface area (Å²) >= 11 is 6.24. The van der Waals surface area contributed by atoms with E-state index in [0.29, 0.717) is 50.3 Å². The Morgan fingerprint density at radius 2 is 1.85 bits per heavy atom.